The van der Waals surface area contributed by atoms with E-state index in [1.807, 2.05) is 55.5 Å². The molecule has 3 aromatic rings. The normalized spacial score (nSPS) is 11.2. The SMILES string of the molecule is C.Cc1ccc(-c2cc(C(=O)N[C@@H](C)CO)cc(-c3ccccc3CO)c2)c(C#N)c1. The first kappa shape index (κ1) is 23.8. The number of hydrogen-bond acceptors (Lipinski definition) is 4. The zero-order chi connectivity index (χ0) is 21.7. The molecule has 0 aromatic heterocycles. The van der Waals surface area contributed by atoms with Gasteiger partial charge in [0.15, 0.2) is 0 Å². The lowest BCUT2D eigenvalue weighted by molar-refractivity contribution is 0.0922. The van der Waals surface area contributed by atoms with Crippen molar-refractivity contribution < 1.29 is 15.0 Å². The Balaban J connectivity index is 0.00000341. The van der Waals surface area contributed by atoms with Gasteiger partial charge in [0, 0.05) is 11.6 Å². The van der Waals surface area contributed by atoms with E-state index in [9.17, 15) is 20.3 Å². The molecule has 5 heteroatoms. The quantitative estimate of drug-likeness (QED) is 0.554. The number of rotatable bonds is 6. The summed E-state index contributed by atoms with van der Waals surface area (Å²) >= 11 is 0. The second kappa shape index (κ2) is 10.5. The molecule has 0 aliphatic rings. The van der Waals surface area contributed by atoms with Gasteiger partial charge in [0.1, 0.15) is 0 Å². The molecule has 0 heterocycles. The average Bonchev–Trinajstić information content (AvgIpc) is 2.78. The highest BCUT2D eigenvalue weighted by Gasteiger charge is 2.16. The van der Waals surface area contributed by atoms with E-state index in [4.69, 9.17) is 0 Å². The van der Waals surface area contributed by atoms with Crippen LogP contribution in [0.25, 0.3) is 22.3 Å². The second-order valence-corrected chi connectivity index (χ2v) is 7.33. The first-order valence-electron chi connectivity index (χ1n) is 9.74. The molecule has 0 saturated carbocycles. The van der Waals surface area contributed by atoms with Crippen molar-refractivity contribution in [3.8, 4) is 28.3 Å². The zero-order valence-electron chi connectivity index (χ0n) is 17.0. The lowest BCUT2D eigenvalue weighted by Gasteiger charge is -2.15. The number of hydrogen-bond donors (Lipinski definition) is 3. The van der Waals surface area contributed by atoms with Crippen molar-refractivity contribution in [3.05, 3.63) is 82.9 Å². The molecule has 3 aromatic carbocycles. The third-order valence-electron chi connectivity index (χ3n) is 4.95. The fraction of sp³-hybridized carbons (Fsp3) is 0.231. The van der Waals surface area contributed by atoms with Gasteiger partial charge in [-0.25, -0.2) is 0 Å². The van der Waals surface area contributed by atoms with Crippen molar-refractivity contribution >= 4 is 5.91 Å². The summed E-state index contributed by atoms with van der Waals surface area (Å²) in [6, 6.07) is 20.4. The van der Waals surface area contributed by atoms with Gasteiger partial charge in [-0.05, 0) is 71.5 Å². The molecule has 0 radical (unpaired) electrons. The molecule has 31 heavy (non-hydrogen) atoms. The molecule has 1 atom stereocenters. The van der Waals surface area contributed by atoms with E-state index in [0.717, 1.165) is 33.4 Å². The summed E-state index contributed by atoms with van der Waals surface area (Å²) in [5.41, 5.74) is 5.72. The molecule has 0 unspecified atom stereocenters. The monoisotopic (exact) mass is 416 g/mol. The number of aryl methyl sites for hydroxylation is 1. The van der Waals surface area contributed by atoms with Gasteiger partial charge in [-0.1, -0.05) is 43.8 Å². The molecule has 3 rings (SSSR count). The Morgan fingerprint density at radius 1 is 1.03 bits per heavy atom. The molecular weight excluding hydrogens is 388 g/mol. The van der Waals surface area contributed by atoms with Gasteiger partial charge in [-0.2, -0.15) is 5.26 Å². The fourth-order valence-corrected chi connectivity index (χ4v) is 3.36. The highest BCUT2D eigenvalue weighted by atomic mass is 16.3. The molecule has 0 aliphatic carbocycles. The minimum Gasteiger partial charge on any atom is -0.394 e. The number of benzene rings is 3. The van der Waals surface area contributed by atoms with Crippen LogP contribution in [0.15, 0.2) is 60.7 Å². The van der Waals surface area contributed by atoms with Crippen molar-refractivity contribution in [2.75, 3.05) is 6.61 Å². The Labute approximate surface area is 183 Å². The maximum atomic E-state index is 12.8. The van der Waals surface area contributed by atoms with Gasteiger partial charge < -0.3 is 15.5 Å². The van der Waals surface area contributed by atoms with Crippen LogP contribution < -0.4 is 5.32 Å². The zero-order valence-corrected chi connectivity index (χ0v) is 17.0. The molecule has 0 bridgehead atoms. The fourth-order valence-electron chi connectivity index (χ4n) is 3.36. The van der Waals surface area contributed by atoms with Crippen LogP contribution in [0.5, 0.6) is 0 Å². The minimum absolute atomic E-state index is 0. The molecule has 0 aliphatic heterocycles. The van der Waals surface area contributed by atoms with Crippen LogP contribution in [0.1, 0.15) is 41.4 Å². The van der Waals surface area contributed by atoms with Crippen molar-refractivity contribution in [1.29, 1.82) is 5.26 Å². The van der Waals surface area contributed by atoms with Crippen LogP contribution in [-0.2, 0) is 6.61 Å². The number of amides is 1. The Morgan fingerprint density at radius 2 is 1.71 bits per heavy atom. The molecule has 0 saturated heterocycles. The van der Waals surface area contributed by atoms with Crippen LogP contribution in [0.2, 0.25) is 0 Å². The lowest BCUT2D eigenvalue weighted by Crippen LogP contribution is -2.35. The van der Waals surface area contributed by atoms with Gasteiger partial charge in [-0.15, -0.1) is 0 Å². The van der Waals surface area contributed by atoms with Gasteiger partial charge >= 0.3 is 0 Å². The largest absolute Gasteiger partial charge is 0.394 e. The Bertz CT molecular complexity index is 1120. The Morgan fingerprint density at radius 3 is 2.35 bits per heavy atom. The number of nitrogens with one attached hydrogen (secondary N) is 1. The van der Waals surface area contributed by atoms with E-state index in [2.05, 4.69) is 11.4 Å². The van der Waals surface area contributed by atoms with Crippen LogP contribution in [0.3, 0.4) is 0 Å². The van der Waals surface area contributed by atoms with E-state index in [1.54, 1.807) is 19.1 Å². The topological polar surface area (TPSA) is 93.3 Å². The third kappa shape index (κ3) is 5.37. The number of carbonyl (C=O) groups is 1. The van der Waals surface area contributed by atoms with Gasteiger partial charge in [0.2, 0.25) is 0 Å². The summed E-state index contributed by atoms with van der Waals surface area (Å²) in [6.45, 7) is 3.35. The lowest BCUT2D eigenvalue weighted by atomic mass is 9.91. The molecular formula is C26H28N2O3. The maximum Gasteiger partial charge on any atom is 0.251 e. The van der Waals surface area contributed by atoms with Crippen molar-refractivity contribution in [2.45, 2.75) is 33.9 Å². The summed E-state index contributed by atoms with van der Waals surface area (Å²) in [5, 5.41) is 31.4. The average molecular weight is 417 g/mol. The third-order valence-corrected chi connectivity index (χ3v) is 4.95. The van der Waals surface area contributed by atoms with Crippen molar-refractivity contribution in [1.82, 2.24) is 5.32 Å². The predicted molar refractivity (Wildman–Crippen MR) is 123 cm³/mol. The minimum atomic E-state index is -0.386. The standard InChI is InChI=1S/C25H24N2O3.CH4/c1-16-7-8-24(22(9-16)13-26)20-10-19(23-6-4-3-5-18(23)15-29)11-21(12-20)25(30)27-17(2)14-28;/h3-12,17,28-29H,14-15H2,1-2H3,(H,27,30);1H4/t17-;/m0./s1. The van der Waals surface area contributed by atoms with E-state index < -0.39 is 0 Å². The molecule has 0 fully saturated rings. The van der Waals surface area contributed by atoms with E-state index in [1.165, 1.54) is 0 Å². The predicted octanol–water partition coefficient (Wildman–Crippen LogP) is 4.44. The molecule has 160 valence electrons. The summed E-state index contributed by atoms with van der Waals surface area (Å²) in [6.07, 6.45) is 0. The first-order chi connectivity index (χ1) is 14.5. The van der Waals surface area contributed by atoms with E-state index in [0.29, 0.717) is 11.1 Å². The number of aliphatic hydroxyl groups excluding tert-OH is 2. The van der Waals surface area contributed by atoms with E-state index in [-0.39, 0.29) is 32.6 Å². The van der Waals surface area contributed by atoms with Crippen LogP contribution in [0.4, 0.5) is 0 Å². The van der Waals surface area contributed by atoms with Crippen molar-refractivity contribution in [2.24, 2.45) is 0 Å². The Hall–Kier alpha value is -3.46. The molecule has 1 amide bonds. The number of nitriles is 1. The smallest absolute Gasteiger partial charge is 0.251 e. The van der Waals surface area contributed by atoms with Gasteiger partial charge in [0.25, 0.3) is 5.91 Å². The maximum absolute atomic E-state index is 12.8. The summed E-state index contributed by atoms with van der Waals surface area (Å²) in [7, 11) is 0. The highest BCUT2D eigenvalue weighted by molar-refractivity contribution is 5.97. The van der Waals surface area contributed by atoms with Crippen LogP contribution in [-0.4, -0.2) is 28.8 Å². The van der Waals surface area contributed by atoms with E-state index >= 15 is 0 Å². The van der Waals surface area contributed by atoms with Gasteiger partial charge in [0.05, 0.1) is 24.8 Å². The summed E-state index contributed by atoms with van der Waals surface area (Å²) in [5.74, 6) is -0.313. The number of aliphatic hydroxyl groups is 2. The molecule has 3 N–H and O–H groups in total. The second-order valence-electron chi connectivity index (χ2n) is 7.33. The molecule has 5 nitrogen and oxygen atoms in total. The van der Waals surface area contributed by atoms with Crippen LogP contribution in [0, 0.1) is 18.3 Å². The first-order valence-corrected chi connectivity index (χ1v) is 9.74. The summed E-state index contributed by atoms with van der Waals surface area (Å²) < 4.78 is 0. The van der Waals surface area contributed by atoms with Crippen LogP contribution >= 0.6 is 0 Å². The van der Waals surface area contributed by atoms with Crippen molar-refractivity contribution in [3.63, 3.8) is 0 Å². The van der Waals surface area contributed by atoms with Gasteiger partial charge in [-0.3, -0.25) is 4.79 Å². The molecule has 0 spiro atoms. The highest BCUT2D eigenvalue weighted by Crippen LogP contribution is 2.32. The number of carbonyl (C=O) groups excluding carboxylic acids is 1. The number of nitrogens with zero attached hydrogens (tertiary/aromatic N) is 1. The summed E-state index contributed by atoms with van der Waals surface area (Å²) in [4.78, 5) is 12.8. The Kier molecular flexibility index (Phi) is 8.09.